The maximum atomic E-state index is 12.4. The van der Waals surface area contributed by atoms with Crippen LogP contribution in [0.25, 0.3) is 5.52 Å². The molecule has 0 aromatic carbocycles. The van der Waals surface area contributed by atoms with Gasteiger partial charge in [0.25, 0.3) is 5.91 Å². The van der Waals surface area contributed by atoms with E-state index in [0.29, 0.717) is 23.8 Å². The Labute approximate surface area is 139 Å². The highest BCUT2D eigenvalue weighted by Crippen LogP contribution is 2.23. The average Bonchev–Trinajstić information content (AvgIpc) is 2.94. The first-order chi connectivity index (χ1) is 11.2. The second-order valence-corrected chi connectivity index (χ2v) is 8.70. The minimum atomic E-state index is -3.01. The number of fused-ring (bicyclic) bond motifs is 1. The number of pyridine rings is 1. The zero-order valence-corrected chi connectivity index (χ0v) is 14.0. The molecule has 128 valence electrons. The average molecular weight is 351 g/mol. The summed E-state index contributed by atoms with van der Waals surface area (Å²) in [6, 6.07) is 4.58. The fourth-order valence-corrected chi connectivity index (χ4v) is 4.46. The third kappa shape index (κ3) is 3.45. The minimum absolute atomic E-state index is 0.0622. The van der Waals surface area contributed by atoms with Crippen molar-refractivity contribution in [3.8, 4) is 0 Å². The third-order valence-corrected chi connectivity index (χ3v) is 6.02. The van der Waals surface area contributed by atoms with Crippen molar-refractivity contribution in [2.24, 2.45) is 0 Å². The first-order valence-corrected chi connectivity index (χ1v) is 9.38. The number of amides is 1. The molecule has 0 bridgehead atoms. The molecule has 0 atom stereocenters. The summed E-state index contributed by atoms with van der Waals surface area (Å²) >= 11 is 0. The van der Waals surface area contributed by atoms with E-state index in [9.17, 15) is 23.3 Å². The third-order valence-electron chi connectivity index (χ3n) is 4.36. The molecule has 8 nitrogen and oxygen atoms in total. The lowest BCUT2D eigenvalue weighted by atomic mass is 9.81. The number of aromatic nitrogens is 2. The monoisotopic (exact) mass is 351 g/mol. The van der Waals surface area contributed by atoms with Crippen LogP contribution in [0.1, 0.15) is 30.3 Å². The molecule has 0 radical (unpaired) electrons. The van der Waals surface area contributed by atoms with Gasteiger partial charge < -0.3 is 15.4 Å². The quantitative estimate of drug-likeness (QED) is 0.592. The summed E-state index contributed by atoms with van der Waals surface area (Å²) in [6.07, 6.45) is 2.28. The lowest BCUT2D eigenvalue weighted by Gasteiger charge is -2.34. The van der Waals surface area contributed by atoms with Gasteiger partial charge in [0.2, 0.25) is 0 Å². The fourth-order valence-electron chi connectivity index (χ4n) is 2.73. The van der Waals surface area contributed by atoms with Gasteiger partial charge in [0.1, 0.15) is 9.84 Å². The van der Waals surface area contributed by atoms with Gasteiger partial charge >= 0.3 is 7.12 Å². The Morgan fingerprint density at radius 3 is 2.62 bits per heavy atom. The van der Waals surface area contributed by atoms with Crippen LogP contribution >= 0.6 is 0 Å². The largest absolute Gasteiger partial charge is 0.488 e. The maximum absolute atomic E-state index is 12.4. The summed E-state index contributed by atoms with van der Waals surface area (Å²) in [6.45, 7) is 1.83. The Balaban J connectivity index is 1.79. The Bertz CT molecular complexity index is 879. The second kappa shape index (κ2) is 5.87. The van der Waals surface area contributed by atoms with Crippen molar-refractivity contribution in [3.05, 3.63) is 30.1 Å². The number of carbonyl (C=O) groups excluding carboxylic acids is 1. The van der Waals surface area contributed by atoms with Crippen LogP contribution in [0.15, 0.2) is 24.4 Å². The molecule has 1 amide bonds. The van der Waals surface area contributed by atoms with E-state index < -0.39 is 22.5 Å². The number of nitrogens with one attached hydrogen (secondary N) is 1. The molecule has 3 rings (SSSR count). The molecule has 3 heterocycles. The first kappa shape index (κ1) is 16.9. The van der Waals surface area contributed by atoms with E-state index in [0.717, 1.165) is 0 Å². The Morgan fingerprint density at radius 1 is 1.33 bits per heavy atom. The van der Waals surface area contributed by atoms with Crippen molar-refractivity contribution in [2.45, 2.75) is 25.3 Å². The van der Waals surface area contributed by atoms with Crippen LogP contribution in [0, 0.1) is 0 Å². The molecule has 0 saturated carbocycles. The number of nitrogens with zero attached hydrogens (tertiary/aromatic N) is 2. The molecule has 2 aromatic rings. The molecule has 3 N–H and O–H groups in total. The number of rotatable bonds is 3. The van der Waals surface area contributed by atoms with Crippen LogP contribution in [-0.2, 0) is 9.84 Å². The molecular formula is C14H18BN3O5S. The molecule has 24 heavy (non-hydrogen) atoms. The molecule has 0 aliphatic carbocycles. The minimum Gasteiger partial charge on any atom is -0.423 e. The highest BCUT2D eigenvalue weighted by atomic mass is 32.2. The lowest BCUT2D eigenvalue weighted by Crippen LogP contribution is -2.51. The van der Waals surface area contributed by atoms with Crippen molar-refractivity contribution >= 4 is 33.8 Å². The van der Waals surface area contributed by atoms with E-state index in [4.69, 9.17) is 0 Å². The highest BCUT2D eigenvalue weighted by Gasteiger charge is 2.35. The van der Waals surface area contributed by atoms with Crippen LogP contribution < -0.4 is 10.8 Å². The fraction of sp³-hybridized carbons (Fsp3) is 0.429. The summed E-state index contributed by atoms with van der Waals surface area (Å²) in [5.41, 5.74) is 0.472. The van der Waals surface area contributed by atoms with Gasteiger partial charge in [-0.05, 0) is 43.4 Å². The Hall–Kier alpha value is -1.91. The summed E-state index contributed by atoms with van der Waals surface area (Å²) in [5.74, 6) is -0.258. The molecule has 0 spiro atoms. The Morgan fingerprint density at radius 2 is 2.00 bits per heavy atom. The van der Waals surface area contributed by atoms with Crippen molar-refractivity contribution in [3.63, 3.8) is 0 Å². The zero-order chi connectivity index (χ0) is 17.5. The van der Waals surface area contributed by atoms with Crippen LogP contribution in [0.2, 0.25) is 0 Å². The Kier molecular flexibility index (Phi) is 4.14. The van der Waals surface area contributed by atoms with Gasteiger partial charge in [-0.3, -0.25) is 4.79 Å². The van der Waals surface area contributed by atoms with Gasteiger partial charge in [-0.1, -0.05) is 0 Å². The van der Waals surface area contributed by atoms with Crippen molar-refractivity contribution in [2.75, 3.05) is 11.5 Å². The number of sulfone groups is 1. The topological polar surface area (TPSA) is 121 Å². The summed E-state index contributed by atoms with van der Waals surface area (Å²) in [4.78, 5) is 12.4. The van der Waals surface area contributed by atoms with Crippen molar-refractivity contribution < 1.29 is 23.3 Å². The maximum Gasteiger partial charge on any atom is 0.488 e. The van der Waals surface area contributed by atoms with Gasteiger partial charge in [0.15, 0.2) is 5.69 Å². The number of hydrogen-bond donors (Lipinski definition) is 3. The van der Waals surface area contributed by atoms with Gasteiger partial charge in [-0.2, -0.15) is 5.10 Å². The molecule has 2 aromatic heterocycles. The number of carbonyl (C=O) groups is 1. The number of hydrogen-bond acceptors (Lipinski definition) is 6. The van der Waals surface area contributed by atoms with E-state index >= 15 is 0 Å². The van der Waals surface area contributed by atoms with Gasteiger partial charge in [0.05, 0.1) is 17.0 Å². The summed E-state index contributed by atoms with van der Waals surface area (Å²) in [5, 5.41) is 25.4. The van der Waals surface area contributed by atoms with Gasteiger partial charge in [-0.25, -0.2) is 12.9 Å². The van der Waals surface area contributed by atoms with E-state index in [1.165, 1.54) is 22.8 Å². The van der Waals surface area contributed by atoms with Crippen molar-refractivity contribution in [1.29, 1.82) is 0 Å². The molecule has 1 aliphatic rings. The van der Waals surface area contributed by atoms with Gasteiger partial charge in [0, 0.05) is 11.7 Å². The molecule has 1 fully saturated rings. The van der Waals surface area contributed by atoms with Crippen LogP contribution in [0.4, 0.5) is 0 Å². The molecule has 10 heteroatoms. The van der Waals surface area contributed by atoms with Crippen LogP contribution in [0.3, 0.4) is 0 Å². The summed E-state index contributed by atoms with van der Waals surface area (Å²) < 4.78 is 24.5. The van der Waals surface area contributed by atoms with E-state index in [2.05, 4.69) is 10.4 Å². The van der Waals surface area contributed by atoms with Crippen LogP contribution in [-0.4, -0.2) is 58.2 Å². The van der Waals surface area contributed by atoms with Crippen LogP contribution in [0.5, 0.6) is 0 Å². The SMILES string of the molecule is CC1(NC(=O)c2cc3cc(B(O)O)ccn3n2)CCS(=O)(=O)CC1. The standard InChI is InChI=1S/C14H18BN3O5S/c1-14(3-6-24(22,23)7-4-14)16-13(19)12-9-11-8-10(15(20)21)2-5-18(11)17-12/h2,5,8-9,20-21H,3-4,6-7H2,1H3,(H,16,19). The summed E-state index contributed by atoms with van der Waals surface area (Å²) in [7, 11) is -4.60. The van der Waals surface area contributed by atoms with E-state index in [1.54, 1.807) is 6.07 Å². The smallest absolute Gasteiger partial charge is 0.423 e. The van der Waals surface area contributed by atoms with Gasteiger partial charge in [-0.15, -0.1) is 0 Å². The molecule has 1 saturated heterocycles. The van der Waals surface area contributed by atoms with E-state index in [-0.39, 0.29) is 23.1 Å². The first-order valence-electron chi connectivity index (χ1n) is 7.56. The molecular weight excluding hydrogens is 333 g/mol. The molecule has 0 unspecified atom stereocenters. The van der Waals surface area contributed by atoms with E-state index in [1.807, 2.05) is 6.92 Å². The normalized spacial score (nSPS) is 19.1. The molecule has 1 aliphatic heterocycles. The van der Waals surface area contributed by atoms with Crippen molar-refractivity contribution in [1.82, 2.24) is 14.9 Å². The predicted octanol–water partition coefficient (Wildman–Crippen LogP) is -1.29. The highest BCUT2D eigenvalue weighted by molar-refractivity contribution is 7.91. The predicted molar refractivity (Wildman–Crippen MR) is 88.8 cm³/mol. The second-order valence-electron chi connectivity index (χ2n) is 6.40. The lowest BCUT2D eigenvalue weighted by molar-refractivity contribution is 0.0894. The zero-order valence-electron chi connectivity index (χ0n) is 13.1.